The summed E-state index contributed by atoms with van der Waals surface area (Å²) >= 11 is 1.94. The van der Waals surface area contributed by atoms with Crippen LogP contribution in [-0.4, -0.2) is 35.7 Å². The van der Waals surface area contributed by atoms with Crippen molar-refractivity contribution in [2.75, 3.05) is 19.7 Å². The van der Waals surface area contributed by atoms with Gasteiger partial charge < -0.3 is 4.74 Å². The van der Waals surface area contributed by atoms with Crippen LogP contribution < -0.4 is 0 Å². The van der Waals surface area contributed by atoms with E-state index < -0.39 is 0 Å². The van der Waals surface area contributed by atoms with Crippen LogP contribution in [0.3, 0.4) is 0 Å². The molecule has 1 saturated heterocycles. The fraction of sp³-hybridized carbons (Fsp3) is 0.526. The largest absolute Gasteiger partial charge is 0.375 e. The standard InChI is InChI=1S/C19H24N2OS/c1-2-6-15(7-3-1)12-16-13-21(10-11-22-16)14-19-20-17-8-4-5-9-18(17)23-19/h1-3,6-7,16H,4-5,8-14H2/t16-/m0/s1. The van der Waals surface area contributed by atoms with E-state index in [2.05, 4.69) is 35.2 Å². The van der Waals surface area contributed by atoms with Crippen LogP contribution in [-0.2, 0) is 30.5 Å². The van der Waals surface area contributed by atoms with E-state index in [0.717, 1.165) is 32.7 Å². The van der Waals surface area contributed by atoms with Crippen molar-refractivity contribution in [1.29, 1.82) is 0 Å². The predicted octanol–water partition coefficient (Wildman–Crippen LogP) is 3.47. The second-order valence-corrected chi connectivity index (χ2v) is 7.77. The van der Waals surface area contributed by atoms with E-state index in [4.69, 9.17) is 9.72 Å². The van der Waals surface area contributed by atoms with Crippen LogP contribution in [0, 0.1) is 0 Å². The number of aromatic nitrogens is 1. The van der Waals surface area contributed by atoms with Crippen LogP contribution in [0.25, 0.3) is 0 Å². The van der Waals surface area contributed by atoms with Crippen LogP contribution >= 0.6 is 11.3 Å². The smallest absolute Gasteiger partial charge is 0.107 e. The maximum atomic E-state index is 5.97. The molecule has 0 radical (unpaired) electrons. The molecule has 0 spiro atoms. The number of hydrogen-bond acceptors (Lipinski definition) is 4. The Morgan fingerprint density at radius 1 is 1.17 bits per heavy atom. The van der Waals surface area contributed by atoms with Gasteiger partial charge in [0, 0.05) is 18.0 Å². The summed E-state index contributed by atoms with van der Waals surface area (Å²) in [5.74, 6) is 0. The van der Waals surface area contributed by atoms with Crippen molar-refractivity contribution in [3.63, 3.8) is 0 Å². The summed E-state index contributed by atoms with van der Waals surface area (Å²) in [5.41, 5.74) is 2.74. The molecule has 4 rings (SSSR count). The number of thiazole rings is 1. The summed E-state index contributed by atoms with van der Waals surface area (Å²) in [6.45, 7) is 3.86. The van der Waals surface area contributed by atoms with E-state index in [1.807, 2.05) is 11.3 Å². The van der Waals surface area contributed by atoms with Gasteiger partial charge in [0.25, 0.3) is 0 Å². The summed E-state index contributed by atoms with van der Waals surface area (Å²) in [7, 11) is 0. The van der Waals surface area contributed by atoms with Gasteiger partial charge in [0.2, 0.25) is 0 Å². The SMILES string of the molecule is c1ccc(C[C@H]2CN(Cc3nc4c(s3)CCCC4)CCO2)cc1. The molecule has 23 heavy (non-hydrogen) atoms. The number of morpholine rings is 1. The fourth-order valence-electron chi connectivity index (χ4n) is 3.59. The van der Waals surface area contributed by atoms with Crippen molar-refractivity contribution in [2.24, 2.45) is 0 Å². The van der Waals surface area contributed by atoms with Crippen molar-refractivity contribution < 1.29 is 4.74 Å². The van der Waals surface area contributed by atoms with Crippen molar-refractivity contribution in [3.8, 4) is 0 Å². The first-order chi connectivity index (χ1) is 11.4. The highest BCUT2D eigenvalue weighted by Gasteiger charge is 2.23. The molecule has 0 N–H and O–H groups in total. The summed E-state index contributed by atoms with van der Waals surface area (Å²) in [4.78, 5) is 8.95. The number of fused-ring (bicyclic) bond motifs is 1. The molecule has 1 aliphatic heterocycles. The van der Waals surface area contributed by atoms with E-state index in [9.17, 15) is 0 Å². The average molecular weight is 328 g/mol. The van der Waals surface area contributed by atoms with Gasteiger partial charge in [0.15, 0.2) is 0 Å². The molecule has 1 aliphatic carbocycles. The Morgan fingerprint density at radius 3 is 2.91 bits per heavy atom. The molecule has 0 saturated carbocycles. The summed E-state index contributed by atoms with van der Waals surface area (Å²) in [6, 6.07) is 10.7. The maximum absolute atomic E-state index is 5.97. The molecule has 1 aromatic heterocycles. The Kier molecular flexibility index (Phi) is 4.74. The molecule has 122 valence electrons. The summed E-state index contributed by atoms with van der Waals surface area (Å²) in [5, 5.41) is 1.30. The van der Waals surface area contributed by atoms with Crippen LogP contribution in [0.2, 0.25) is 0 Å². The zero-order valence-electron chi connectivity index (χ0n) is 13.5. The number of hydrogen-bond donors (Lipinski definition) is 0. The second-order valence-electron chi connectivity index (χ2n) is 6.60. The average Bonchev–Trinajstić information content (AvgIpc) is 2.98. The molecule has 1 aromatic carbocycles. The fourth-order valence-corrected chi connectivity index (χ4v) is 4.79. The zero-order chi connectivity index (χ0) is 15.5. The number of benzene rings is 1. The predicted molar refractivity (Wildman–Crippen MR) is 93.9 cm³/mol. The lowest BCUT2D eigenvalue weighted by Crippen LogP contribution is -2.42. The van der Waals surface area contributed by atoms with E-state index in [-0.39, 0.29) is 0 Å². The topological polar surface area (TPSA) is 25.4 Å². The molecule has 2 heterocycles. The van der Waals surface area contributed by atoms with Crippen molar-refractivity contribution in [3.05, 3.63) is 51.5 Å². The first-order valence-corrected chi connectivity index (χ1v) is 9.54. The van der Waals surface area contributed by atoms with Crippen LogP contribution in [0.1, 0.15) is 34.0 Å². The lowest BCUT2D eigenvalue weighted by atomic mass is 10.0. The maximum Gasteiger partial charge on any atom is 0.107 e. The minimum absolute atomic E-state index is 0.306. The lowest BCUT2D eigenvalue weighted by Gasteiger charge is -2.32. The molecule has 0 bridgehead atoms. The van der Waals surface area contributed by atoms with Gasteiger partial charge >= 0.3 is 0 Å². The van der Waals surface area contributed by atoms with Gasteiger partial charge in [-0.2, -0.15) is 0 Å². The van der Waals surface area contributed by atoms with Crippen LogP contribution in [0.15, 0.2) is 30.3 Å². The highest BCUT2D eigenvalue weighted by Crippen LogP contribution is 2.27. The normalized spacial score (nSPS) is 22.0. The number of aryl methyl sites for hydroxylation is 2. The van der Waals surface area contributed by atoms with Crippen molar-refractivity contribution >= 4 is 11.3 Å². The van der Waals surface area contributed by atoms with Crippen LogP contribution in [0.4, 0.5) is 0 Å². The molecular formula is C19H24N2OS. The van der Waals surface area contributed by atoms with Gasteiger partial charge in [0.1, 0.15) is 5.01 Å². The highest BCUT2D eigenvalue weighted by atomic mass is 32.1. The molecule has 1 fully saturated rings. The number of ether oxygens (including phenoxy) is 1. The molecule has 4 heteroatoms. The number of rotatable bonds is 4. The molecular weight excluding hydrogens is 304 g/mol. The monoisotopic (exact) mass is 328 g/mol. The minimum Gasteiger partial charge on any atom is -0.375 e. The Bertz CT molecular complexity index is 617. The van der Waals surface area contributed by atoms with Gasteiger partial charge in [-0.25, -0.2) is 4.98 Å². The Hall–Kier alpha value is -1.23. The van der Waals surface area contributed by atoms with E-state index in [1.54, 1.807) is 4.88 Å². The van der Waals surface area contributed by atoms with Crippen LogP contribution in [0.5, 0.6) is 0 Å². The van der Waals surface area contributed by atoms with E-state index in [0.29, 0.717) is 6.10 Å². The quantitative estimate of drug-likeness (QED) is 0.859. The first kappa shape index (κ1) is 15.3. The molecule has 2 aromatic rings. The molecule has 3 nitrogen and oxygen atoms in total. The Balaban J connectivity index is 1.36. The van der Waals surface area contributed by atoms with E-state index >= 15 is 0 Å². The zero-order valence-corrected chi connectivity index (χ0v) is 14.4. The summed E-state index contributed by atoms with van der Waals surface area (Å²) < 4.78 is 5.97. The van der Waals surface area contributed by atoms with Gasteiger partial charge in [0.05, 0.1) is 24.9 Å². The van der Waals surface area contributed by atoms with Gasteiger partial charge in [-0.3, -0.25) is 4.90 Å². The molecule has 1 atom stereocenters. The molecule has 0 unspecified atom stereocenters. The second kappa shape index (κ2) is 7.12. The molecule has 2 aliphatic rings. The van der Waals surface area contributed by atoms with Gasteiger partial charge in [-0.05, 0) is 37.7 Å². The Labute approximate surface area is 142 Å². The summed E-state index contributed by atoms with van der Waals surface area (Å²) in [6.07, 6.45) is 6.39. The third-order valence-electron chi connectivity index (χ3n) is 4.78. The number of nitrogens with zero attached hydrogens (tertiary/aromatic N) is 2. The third kappa shape index (κ3) is 3.82. The highest BCUT2D eigenvalue weighted by molar-refractivity contribution is 7.11. The first-order valence-electron chi connectivity index (χ1n) is 8.72. The molecule has 0 amide bonds. The van der Waals surface area contributed by atoms with Gasteiger partial charge in [-0.1, -0.05) is 30.3 Å². The Morgan fingerprint density at radius 2 is 2.04 bits per heavy atom. The third-order valence-corrected chi connectivity index (χ3v) is 5.92. The minimum atomic E-state index is 0.306. The van der Waals surface area contributed by atoms with Gasteiger partial charge in [-0.15, -0.1) is 11.3 Å². The van der Waals surface area contributed by atoms with Crippen molar-refractivity contribution in [2.45, 2.75) is 44.8 Å². The van der Waals surface area contributed by atoms with Crippen molar-refractivity contribution in [1.82, 2.24) is 9.88 Å². The van der Waals surface area contributed by atoms with E-state index in [1.165, 1.54) is 41.9 Å². The lowest BCUT2D eigenvalue weighted by molar-refractivity contribution is -0.0305.